The summed E-state index contributed by atoms with van der Waals surface area (Å²) in [6.45, 7) is 1.44. The van der Waals surface area contributed by atoms with Crippen LogP contribution in [0.1, 0.15) is 11.8 Å². The molecule has 2 heterocycles. The number of carboxylic acids is 1. The van der Waals surface area contributed by atoms with Gasteiger partial charge in [0.05, 0.1) is 5.41 Å². The Morgan fingerprint density at radius 1 is 1.56 bits per heavy atom. The highest BCUT2D eigenvalue weighted by atomic mass is 32.2. The van der Waals surface area contributed by atoms with E-state index in [9.17, 15) is 13.2 Å². The summed E-state index contributed by atoms with van der Waals surface area (Å²) in [6, 6.07) is 4.68. The summed E-state index contributed by atoms with van der Waals surface area (Å²) in [5, 5.41) is 17.6. The Bertz CT molecular complexity index is 635. The Balaban J connectivity index is 2.21. The Kier molecular flexibility index (Phi) is 2.93. The number of nitriles is 1. The molecule has 0 atom stereocenters. The van der Waals surface area contributed by atoms with Gasteiger partial charge >= 0.3 is 5.97 Å². The molecule has 0 radical (unpaired) electrons. The summed E-state index contributed by atoms with van der Waals surface area (Å²) in [5.41, 5.74) is -1.01. The average molecular weight is 286 g/mol. The molecule has 1 fully saturated rings. The molecular weight excluding hydrogens is 276 g/mol. The number of nitrogens with zero attached hydrogens (tertiary/aromatic N) is 2. The predicted molar refractivity (Wildman–Crippen MR) is 63.5 cm³/mol. The quantitative estimate of drug-likeness (QED) is 0.882. The van der Waals surface area contributed by atoms with Crippen molar-refractivity contribution in [2.75, 3.05) is 13.1 Å². The minimum atomic E-state index is -3.66. The summed E-state index contributed by atoms with van der Waals surface area (Å²) in [4.78, 5) is 11.2. The van der Waals surface area contributed by atoms with Crippen LogP contribution in [0.4, 0.5) is 0 Å². The zero-order chi connectivity index (χ0) is 13.6. The van der Waals surface area contributed by atoms with Crippen molar-refractivity contribution < 1.29 is 18.3 Å². The smallest absolute Gasteiger partial charge is 0.312 e. The number of carbonyl (C=O) groups is 1. The third-order valence-electron chi connectivity index (χ3n) is 2.85. The molecule has 0 aliphatic carbocycles. The lowest BCUT2D eigenvalue weighted by Gasteiger charge is -2.43. The van der Waals surface area contributed by atoms with Crippen molar-refractivity contribution >= 4 is 27.3 Å². The van der Waals surface area contributed by atoms with Crippen LogP contribution in [0.15, 0.2) is 16.3 Å². The molecule has 96 valence electrons. The van der Waals surface area contributed by atoms with Gasteiger partial charge in [0, 0.05) is 13.1 Å². The van der Waals surface area contributed by atoms with Crippen molar-refractivity contribution in [1.82, 2.24) is 4.31 Å². The van der Waals surface area contributed by atoms with E-state index < -0.39 is 21.4 Å². The summed E-state index contributed by atoms with van der Waals surface area (Å²) in [5.74, 6) is -1.00. The second-order valence-corrected chi connectivity index (χ2v) is 7.62. The van der Waals surface area contributed by atoms with Crippen LogP contribution in [0.2, 0.25) is 0 Å². The fraction of sp³-hybridized carbons (Fsp3) is 0.400. The number of hydrogen-bond donors (Lipinski definition) is 1. The van der Waals surface area contributed by atoms with Crippen LogP contribution >= 0.6 is 11.3 Å². The highest BCUT2D eigenvalue weighted by Crippen LogP contribution is 2.36. The Hall–Kier alpha value is -1.43. The van der Waals surface area contributed by atoms with E-state index in [-0.39, 0.29) is 17.3 Å². The fourth-order valence-corrected chi connectivity index (χ4v) is 4.63. The van der Waals surface area contributed by atoms with Crippen LogP contribution in [0, 0.1) is 16.7 Å². The van der Waals surface area contributed by atoms with E-state index in [4.69, 9.17) is 10.4 Å². The number of aliphatic carboxylic acids is 1. The van der Waals surface area contributed by atoms with E-state index in [1.807, 2.05) is 6.07 Å². The Morgan fingerprint density at radius 3 is 2.61 bits per heavy atom. The Morgan fingerprint density at radius 2 is 2.17 bits per heavy atom. The zero-order valence-corrected chi connectivity index (χ0v) is 11.1. The maximum absolute atomic E-state index is 12.1. The molecule has 8 heteroatoms. The highest BCUT2D eigenvalue weighted by Gasteiger charge is 2.50. The normalized spacial score (nSPS) is 18.9. The minimum Gasteiger partial charge on any atom is -0.481 e. The lowest BCUT2D eigenvalue weighted by molar-refractivity contribution is -0.154. The molecule has 0 spiro atoms. The fourth-order valence-electron chi connectivity index (χ4n) is 1.68. The first-order valence-electron chi connectivity index (χ1n) is 5.03. The predicted octanol–water partition coefficient (Wildman–Crippen LogP) is 0.715. The van der Waals surface area contributed by atoms with Gasteiger partial charge in [0.25, 0.3) is 10.0 Å². The third kappa shape index (κ3) is 1.90. The van der Waals surface area contributed by atoms with Gasteiger partial charge in [-0.3, -0.25) is 4.79 Å². The molecule has 0 aromatic carbocycles. The second-order valence-electron chi connectivity index (χ2n) is 4.37. The van der Waals surface area contributed by atoms with E-state index in [1.54, 1.807) is 0 Å². The van der Waals surface area contributed by atoms with E-state index in [2.05, 4.69) is 0 Å². The van der Waals surface area contributed by atoms with Gasteiger partial charge in [-0.25, -0.2) is 8.42 Å². The maximum Gasteiger partial charge on any atom is 0.312 e. The average Bonchev–Trinajstić information content (AvgIpc) is 2.73. The van der Waals surface area contributed by atoms with Gasteiger partial charge in [0.15, 0.2) is 0 Å². The molecule has 0 saturated carbocycles. The molecule has 2 rings (SSSR count). The van der Waals surface area contributed by atoms with Crippen LogP contribution < -0.4 is 0 Å². The lowest BCUT2D eigenvalue weighted by atomic mass is 9.84. The lowest BCUT2D eigenvalue weighted by Crippen LogP contribution is -2.60. The van der Waals surface area contributed by atoms with Crippen molar-refractivity contribution in [3.63, 3.8) is 0 Å². The van der Waals surface area contributed by atoms with Crippen molar-refractivity contribution in [3.8, 4) is 6.07 Å². The first-order chi connectivity index (χ1) is 8.29. The molecule has 0 unspecified atom stereocenters. The van der Waals surface area contributed by atoms with Crippen LogP contribution in [-0.4, -0.2) is 36.9 Å². The molecule has 1 aliphatic rings. The molecule has 18 heavy (non-hydrogen) atoms. The number of hydrogen-bond acceptors (Lipinski definition) is 5. The number of sulfonamides is 1. The summed E-state index contributed by atoms with van der Waals surface area (Å²) >= 11 is 0.888. The molecule has 1 N–H and O–H groups in total. The molecular formula is C10H10N2O4S2. The molecule has 6 nitrogen and oxygen atoms in total. The van der Waals surface area contributed by atoms with Gasteiger partial charge in [-0.15, -0.1) is 11.3 Å². The molecule has 1 aromatic heterocycles. The highest BCUT2D eigenvalue weighted by molar-refractivity contribution is 7.91. The first-order valence-corrected chi connectivity index (χ1v) is 7.29. The van der Waals surface area contributed by atoms with Gasteiger partial charge < -0.3 is 5.11 Å². The minimum absolute atomic E-state index is 0.0372. The van der Waals surface area contributed by atoms with Gasteiger partial charge in [0.2, 0.25) is 0 Å². The van der Waals surface area contributed by atoms with Gasteiger partial charge in [-0.05, 0) is 19.1 Å². The van der Waals surface area contributed by atoms with Crippen molar-refractivity contribution in [2.24, 2.45) is 5.41 Å². The number of thiophene rings is 1. The largest absolute Gasteiger partial charge is 0.481 e. The van der Waals surface area contributed by atoms with Crippen LogP contribution in [0.25, 0.3) is 0 Å². The third-order valence-corrected chi connectivity index (χ3v) is 6.10. The second kappa shape index (κ2) is 4.05. The Labute approximate surface area is 108 Å². The van der Waals surface area contributed by atoms with E-state index in [0.717, 1.165) is 15.6 Å². The summed E-state index contributed by atoms with van der Waals surface area (Å²) in [7, 11) is -3.66. The van der Waals surface area contributed by atoms with Crippen molar-refractivity contribution in [3.05, 3.63) is 17.0 Å². The van der Waals surface area contributed by atoms with Crippen LogP contribution in [0.5, 0.6) is 0 Å². The van der Waals surface area contributed by atoms with Gasteiger partial charge in [-0.2, -0.15) is 9.57 Å². The first kappa shape index (κ1) is 13.0. The van der Waals surface area contributed by atoms with Crippen LogP contribution in [-0.2, 0) is 14.8 Å². The van der Waals surface area contributed by atoms with Gasteiger partial charge in [-0.1, -0.05) is 0 Å². The zero-order valence-electron chi connectivity index (χ0n) is 9.45. The van der Waals surface area contributed by atoms with Crippen LogP contribution in [0.3, 0.4) is 0 Å². The van der Waals surface area contributed by atoms with E-state index in [1.165, 1.54) is 19.1 Å². The molecule has 0 amide bonds. The van der Waals surface area contributed by atoms with E-state index in [0.29, 0.717) is 4.88 Å². The molecule has 0 bridgehead atoms. The summed E-state index contributed by atoms with van der Waals surface area (Å²) < 4.78 is 25.4. The van der Waals surface area contributed by atoms with Crippen molar-refractivity contribution in [2.45, 2.75) is 11.1 Å². The van der Waals surface area contributed by atoms with Gasteiger partial charge in [0.1, 0.15) is 15.2 Å². The van der Waals surface area contributed by atoms with E-state index >= 15 is 0 Å². The van der Waals surface area contributed by atoms with Crippen molar-refractivity contribution in [1.29, 1.82) is 5.26 Å². The SMILES string of the molecule is CC1(C(=O)O)CN(S(=O)(=O)c2ccc(C#N)s2)C1. The maximum atomic E-state index is 12.1. The molecule has 1 aromatic rings. The number of carboxylic acid groups (broad SMARTS) is 1. The molecule has 1 saturated heterocycles. The standard InChI is InChI=1S/C10H10N2O4S2/c1-10(9(13)14)5-12(6-10)18(15,16)8-3-2-7(4-11)17-8/h2-3H,5-6H2,1H3,(H,13,14). The molecule has 1 aliphatic heterocycles. The topological polar surface area (TPSA) is 98.5 Å². The summed E-state index contributed by atoms with van der Waals surface area (Å²) in [6.07, 6.45) is 0. The number of rotatable bonds is 3. The monoisotopic (exact) mass is 286 g/mol.